The van der Waals surface area contributed by atoms with Gasteiger partial charge in [-0.2, -0.15) is 0 Å². The first-order valence-electron chi connectivity index (χ1n) is 5.37. The highest BCUT2D eigenvalue weighted by Gasteiger charge is 2.25. The minimum atomic E-state index is 0.524. The third kappa shape index (κ3) is 1.32. The summed E-state index contributed by atoms with van der Waals surface area (Å²) in [5, 5.41) is 0. The van der Waals surface area contributed by atoms with Gasteiger partial charge < -0.3 is 15.5 Å². The van der Waals surface area contributed by atoms with Gasteiger partial charge in [-0.3, -0.25) is 0 Å². The predicted molar refractivity (Wildman–Crippen MR) is 69.0 cm³/mol. The summed E-state index contributed by atoms with van der Waals surface area (Å²) >= 11 is 0. The van der Waals surface area contributed by atoms with Gasteiger partial charge in [-0.05, 0) is 24.3 Å². The zero-order valence-electron chi connectivity index (χ0n) is 9.75. The molecular formula is C12H13N5. The number of aromatic nitrogens is 2. The van der Waals surface area contributed by atoms with Gasteiger partial charge in [-0.15, -0.1) is 0 Å². The molecule has 17 heavy (non-hydrogen) atoms. The first kappa shape index (κ1) is 9.89. The van der Waals surface area contributed by atoms with Crippen molar-refractivity contribution in [2.45, 2.75) is 0 Å². The Morgan fingerprint density at radius 2 is 1.71 bits per heavy atom. The standard InChI is InChI=1S/C12H13N5/c1-16-9-5-6-10(13)15-12(9)17(2)8-4-3-7-14-11(8)16/h3-7H,1-2H3,(H2,13,15). The van der Waals surface area contributed by atoms with Crippen LogP contribution in [0.15, 0.2) is 30.5 Å². The minimum absolute atomic E-state index is 0.524. The van der Waals surface area contributed by atoms with E-state index in [4.69, 9.17) is 5.73 Å². The molecule has 86 valence electrons. The molecule has 0 aromatic carbocycles. The van der Waals surface area contributed by atoms with Gasteiger partial charge in [0, 0.05) is 20.3 Å². The van der Waals surface area contributed by atoms with E-state index in [1.807, 2.05) is 42.1 Å². The minimum Gasteiger partial charge on any atom is -0.384 e. The van der Waals surface area contributed by atoms with E-state index in [-0.39, 0.29) is 0 Å². The molecule has 5 nitrogen and oxygen atoms in total. The quantitative estimate of drug-likeness (QED) is 0.745. The molecule has 0 radical (unpaired) electrons. The van der Waals surface area contributed by atoms with E-state index in [2.05, 4.69) is 9.97 Å². The van der Waals surface area contributed by atoms with E-state index in [9.17, 15) is 0 Å². The average Bonchev–Trinajstić information content (AvgIpc) is 2.36. The Kier molecular flexibility index (Phi) is 1.95. The fourth-order valence-corrected chi connectivity index (χ4v) is 2.10. The Morgan fingerprint density at radius 3 is 2.53 bits per heavy atom. The van der Waals surface area contributed by atoms with Crippen molar-refractivity contribution in [2.75, 3.05) is 29.6 Å². The molecule has 0 saturated heterocycles. The second-order valence-electron chi connectivity index (χ2n) is 4.04. The lowest BCUT2D eigenvalue weighted by molar-refractivity contribution is 1.02. The molecule has 0 bridgehead atoms. The van der Waals surface area contributed by atoms with E-state index >= 15 is 0 Å². The Bertz CT molecular complexity index is 581. The molecule has 3 rings (SSSR count). The van der Waals surface area contributed by atoms with Gasteiger partial charge in [0.05, 0.1) is 11.4 Å². The van der Waals surface area contributed by atoms with Gasteiger partial charge in [0.1, 0.15) is 5.82 Å². The second-order valence-corrected chi connectivity index (χ2v) is 4.04. The first-order chi connectivity index (χ1) is 8.18. The van der Waals surface area contributed by atoms with Gasteiger partial charge in [0.15, 0.2) is 11.6 Å². The van der Waals surface area contributed by atoms with E-state index < -0.39 is 0 Å². The van der Waals surface area contributed by atoms with Crippen molar-refractivity contribution >= 4 is 28.8 Å². The van der Waals surface area contributed by atoms with Gasteiger partial charge in [-0.25, -0.2) is 9.97 Å². The molecule has 0 spiro atoms. The van der Waals surface area contributed by atoms with Crippen molar-refractivity contribution in [3.63, 3.8) is 0 Å². The lowest BCUT2D eigenvalue weighted by atomic mass is 10.2. The van der Waals surface area contributed by atoms with Gasteiger partial charge in [0.25, 0.3) is 0 Å². The largest absolute Gasteiger partial charge is 0.384 e. The summed E-state index contributed by atoms with van der Waals surface area (Å²) in [6, 6.07) is 7.70. The van der Waals surface area contributed by atoms with Crippen LogP contribution in [0, 0.1) is 0 Å². The molecule has 0 fully saturated rings. The van der Waals surface area contributed by atoms with Crippen molar-refractivity contribution in [3.8, 4) is 0 Å². The Morgan fingerprint density at radius 1 is 1.00 bits per heavy atom. The molecule has 0 aliphatic carbocycles. The molecule has 0 unspecified atom stereocenters. The maximum Gasteiger partial charge on any atom is 0.159 e. The molecule has 3 heterocycles. The summed E-state index contributed by atoms with van der Waals surface area (Å²) in [6.45, 7) is 0. The fraction of sp³-hybridized carbons (Fsp3) is 0.167. The summed E-state index contributed by atoms with van der Waals surface area (Å²) in [6.07, 6.45) is 1.79. The van der Waals surface area contributed by atoms with Crippen LogP contribution in [-0.2, 0) is 0 Å². The molecule has 1 aliphatic rings. The van der Waals surface area contributed by atoms with Gasteiger partial charge in [0.2, 0.25) is 0 Å². The van der Waals surface area contributed by atoms with E-state index in [1.54, 1.807) is 12.3 Å². The van der Waals surface area contributed by atoms with Crippen molar-refractivity contribution < 1.29 is 0 Å². The predicted octanol–water partition coefficient (Wildman–Crippen LogP) is 1.91. The summed E-state index contributed by atoms with van der Waals surface area (Å²) in [5.41, 5.74) is 7.77. The van der Waals surface area contributed by atoms with Crippen molar-refractivity contribution in [1.29, 1.82) is 0 Å². The van der Waals surface area contributed by atoms with Crippen LogP contribution in [0.5, 0.6) is 0 Å². The number of rotatable bonds is 0. The Labute approximate surface area is 99.5 Å². The van der Waals surface area contributed by atoms with Crippen LogP contribution in [0.3, 0.4) is 0 Å². The maximum absolute atomic E-state index is 5.74. The normalized spacial score (nSPS) is 13.3. The van der Waals surface area contributed by atoms with Crippen LogP contribution in [0.4, 0.5) is 28.8 Å². The number of nitrogens with two attached hydrogens (primary N) is 1. The maximum atomic E-state index is 5.74. The highest BCUT2D eigenvalue weighted by molar-refractivity contribution is 5.89. The molecule has 0 atom stereocenters. The van der Waals surface area contributed by atoms with Crippen LogP contribution in [0.2, 0.25) is 0 Å². The van der Waals surface area contributed by atoms with Gasteiger partial charge >= 0.3 is 0 Å². The van der Waals surface area contributed by atoms with Crippen LogP contribution in [0.25, 0.3) is 0 Å². The lowest BCUT2D eigenvalue weighted by Crippen LogP contribution is -2.26. The average molecular weight is 227 g/mol. The van der Waals surface area contributed by atoms with Crippen LogP contribution >= 0.6 is 0 Å². The number of nitrogen functional groups attached to an aromatic ring is 1. The number of anilines is 5. The van der Waals surface area contributed by atoms with E-state index in [0.29, 0.717) is 5.82 Å². The SMILES string of the molecule is CN1c2ccc(N)nc2N(C)c2cccnc21. The smallest absolute Gasteiger partial charge is 0.159 e. The number of fused-ring (bicyclic) bond motifs is 2. The van der Waals surface area contributed by atoms with Crippen molar-refractivity contribution in [1.82, 2.24) is 9.97 Å². The molecule has 2 N–H and O–H groups in total. The Hall–Kier alpha value is -2.30. The number of pyridine rings is 2. The fourth-order valence-electron chi connectivity index (χ4n) is 2.10. The molecule has 2 aromatic rings. The third-order valence-corrected chi connectivity index (χ3v) is 3.00. The zero-order chi connectivity index (χ0) is 12.0. The summed E-state index contributed by atoms with van der Waals surface area (Å²) in [5.74, 6) is 2.30. The van der Waals surface area contributed by atoms with E-state index in [1.165, 1.54) is 0 Å². The highest BCUT2D eigenvalue weighted by atomic mass is 15.3. The number of hydrogen-bond donors (Lipinski definition) is 1. The first-order valence-corrected chi connectivity index (χ1v) is 5.37. The topological polar surface area (TPSA) is 58.3 Å². The second kappa shape index (κ2) is 3.35. The Balaban J connectivity index is 2.25. The molecular weight excluding hydrogens is 214 g/mol. The van der Waals surface area contributed by atoms with Crippen molar-refractivity contribution in [3.05, 3.63) is 30.5 Å². The van der Waals surface area contributed by atoms with Crippen molar-refractivity contribution in [2.24, 2.45) is 0 Å². The molecule has 0 saturated carbocycles. The van der Waals surface area contributed by atoms with Crippen LogP contribution in [-0.4, -0.2) is 24.1 Å². The van der Waals surface area contributed by atoms with E-state index in [0.717, 1.165) is 23.0 Å². The van der Waals surface area contributed by atoms with Crippen LogP contribution in [0.1, 0.15) is 0 Å². The van der Waals surface area contributed by atoms with Gasteiger partial charge in [-0.1, -0.05) is 0 Å². The molecule has 0 amide bonds. The van der Waals surface area contributed by atoms with Crippen LogP contribution < -0.4 is 15.5 Å². The molecule has 5 heteroatoms. The lowest BCUT2D eigenvalue weighted by Gasteiger charge is -2.34. The number of nitrogens with zero attached hydrogens (tertiary/aromatic N) is 4. The third-order valence-electron chi connectivity index (χ3n) is 3.00. The summed E-state index contributed by atoms with van der Waals surface area (Å²) in [7, 11) is 3.95. The zero-order valence-corrected chi connectivity index (χ0v) is 9.75. The molecule has 1 aliphatic heterocycles. The number of hydrogen-bond acceptors (Lipinski definition) is 5. The monoisotopic (exact) mass is 227 g/mol. The summed E-state index contributed by atoms with van der Waals surface area (Å²) < 4.78 is 0. The summed E-state index contributed by atoms with van der Waals surface area (Å²) in [4.78, 5) is 12.8. The highest BCUT2D eigenvalue weighted by Crippen LogP contribution is 2.43. The molecule has 2 aromatic heterocycles.